The molecule has 0 aliphatic rings. The van der Waals surface area contributed by atoms with Gasteiger partial charge in [-0.15, -0.1) is 0 Å². The molecular formula is C15H19FO5. The number of benzene rings is 1. The average Bonchev–Trinajstić information content (AvgIpc) is 2.41. The van der Waals surface area contributed by atoms with Gasteiger partial charge in [-0.3, -0.25) is 9.59 Å². The van der Waals surface area contributed by atoms with Crippen LogP contribution in [0.1, 0.15) is 34.8 Å². The number of methoxy groups -OCH3 is 1. The van der Waals surface area contributed by atoms with E-state index in [0.717, 1.165) is 0 Å². The minimum atomic E-state index is -1.09. The normalized spacial score (nSPS) is 12.0. The molecule has 0 amide bonds. The molecule has 0 saturated heterocycles. The third-order valence-corrected chi connectivity index (χ3v) is 3.14. The zero-order valence-electron chi connectivity index (χ0n) is 12.5. The van der Waals surface area contributed by atoms with Crippen LogP contribution in [0.3, 0.4) is 0 Å². The first-order valence-corrected chi connectivity index (χ1v) is 6.47. The number of Topliss-reactive ketones (excluding diaryl/α,β-unsaturated/α-hetero) is 1. The van der Waals surface area contributed by atoms with E-state index in [1.54, 1.807) is 6.92 Å². The highest BCUT2D eigenvalue weighted by molar-refractivity contribution is 6.00. The zero-order valence-corrected chi connectivity index (χ0v) is 12.5. The molecule has 21 heavy (non-hydrogen) atoms. The summed E-state index contributed by atoms with van der Waals surface area (Å²) in [5.74, 6) is -2.77. The van der Waals surface area contributed by atoms with Crippen molar-refractivity contribution in [3.63, 3.8) is 0 Å². The Kier molecular flexibility index (Phi) is 5.84. The van der Waals surface area contributed by atoms with E-state index in [2.05, 4.69) is 0 Å². The maximum Gasteiger partial charge on any atom is 0.304 e. The van der Waals surface area contributed by atoms with E-state index in [1.165, 1.54) is 27.0 Å². The van der Waals surface area contributed by atoms with Gasteiger partial charge in [0.05, 0.1) is 12.0 Å². The Morgan fingerprint density at radius 2 is 2.00 bits per heavy atom. The van der Waals surface area contributed by atoms with E-state index in [1.807, 2.05) is 0 Å². The van der Waals surface area contributed by atoms with Crippen molar-refractivity contribution in [1.82, 2.24) is 0 Å². The molecule has 1 unspecified atom stereocenters. The number of aryl methyl sites for hydroxylation is 1. The van der Waals surface area contributed by atoms with Crippen molar-refractivity contribution in [3.05, 3.63) is 28.6 Å². The largest absolute Gasteiger partial charge is 0.481 e. The first-order chi connectivity index (χ1) is 9.79. The highest BCUT2D eigenvalue weighted by Gasteiger charge is 2.24. The third kappa shape index (κ3) is 4.01. The fraction of sp³-hybridized carbons (Fsp3) is 0.467. The molecule has 0 aliphatic carbocycles. The van der Waals surface area contributed by atoms with Crippen LogP contribution in [0.25, 0.3) is 0 Å². The molecule has 0 aliphatic heterocycles. The van der Waals surface area contributed by atoms with Crippen LogP contribution in [-0.2, 0) is 9.53 Å². The Balaban J connectivity index is 3.15. The van der Waals surface area contributed by atoms with E-state index in [4.69, 9.17) is 14.6 Å². The molecule has 0 heterocycles. The Morgan fingerprint density at radius 1 is 1.38 bits per heavy atom. The molecule has 116 valence electrons. The minimum Gasteiger partial charge on any atom is -0.481 e. The first kappa shape index (κ1) is 17.1. The van der Waals surface area contributed by atoms with Crippen LogP contribution in [0.5, 0.6) is 5.75 Å². The van der Waals surface area contributed by atoms with Gasteiger partial charge in [0.1, 0.15) is 11.6 Å². The number of ketones is 1. The molecule has 1 aromatic rings. The molecule has 0 aromatic heterocycles. The zero-order chi connectivity index (χ0) is 16.2. The smallest absolute Gasteiger partial charge is 0.304 e. The Bertz CT molecular complexity index is 553. The molecule has 0 radical (unpaired) electrons. The Hall–Kier alpha value is -1.95. The molecule has 0 bridgehead atoms. The summed E-state index contributed by atoms with van der Waals surface area (Å²) in [5.41, 5.74) is 0.693. The molecule has 1 N–H and O–H groups in total. The quantitative estimate of drug-likeness (QED) is 0.619. The minimum absolute atomic E-state index is 0.0240. The highest BCUT2D eigenvalue weighted by atomic mass is 19.1. The van der Waals surface area contributed by atoms with Gasteiger partial charge in [-0.1, -0.05) is 6.92 Å². The third-order valence-electron chi connectivity index (χ3n) is 3.14. The number of carbonyl (C=O) groups excluding carboxylic acids is 1. The molecular weight excluding hydrogens is 279 g/mol. The van der Waals surface area contributed by atoms with Gasteiger partial charge in [-0.2, -0.15) is 0 Å². The van der Waals surface area contributed by atoms with Gasteiger partial charge in [-0.25, -0.2) is 4.39 Å². The van der Waals surface area contributed by atoms with E-state index in [0.29, 0.717) is 11.3 Å². The second kappa shape index (κ2) is 7.17. The summed E-state index contributed by atoms with van der Waals surface area (Å²) in [4.78, 5) is 22.8. The maximum atomic E-state index is 14.3. The predicted molar refractivity (Wildman–Crippen MR) is 74.1 cm³/mol. The summed E-state index contributed by atoms with van der Waals surface area (Å²) in [6.07, 6.45) is -0.335. The number of rotatable bonds is 7. The van der Waals surface area contributed by atoms with Crippen molar-refractivity contribution in [1.29, 1.82) is 0 Å². The second-order valence-electron chi connectivity index (χ2n) is 4.92. The summed E-state index contributed by atoms with van der Waals surface area (Å²) in [7, 11) is 1.45. The molecule has 1 aromatic carbocycles. The summed E-state index contributed by atoms with van der Waals surface area (Å²) in [5, 5.41) is 8.72. The molecule has 0 fully saturated rings. The number of carbonyl (C=O) groups is 2. The number of carboxylic acids is 1. The fourth-order valence-corrected chi connectivity index (χ4v) is 2.08. The maximum absolute atomic E-state index is 14.3. The van der Waals surface area contributed by atoms with Gasteiger partial charge in [0, 0.05) is 18.6 Å². The van der Waals surface area contributed by atoms with Crippen molar-refractivity contribution >= 4 is 11.8 Å². The van der Waals surface area contributed by atoms with Gasteiger partial charge in [-0.05, 0) is 25.5 Å². The second-order valence-corrected chi connectivity index (χ2v) is 4.92. The van der Waals surface area contributed by atoms with Gasteiger partial charge in [0.25, 0.3) is 0 Å². The lowest BCUT2D eigenvalue weighted by atomic mass is 9.93. The number of ether oxygens (including phenoxy) is 2. The van der Waals surface area contributed by atoms with Crippen LogP contribution < -0.4 is 4.74 Å². The van der Waals surface area contributed by atoms with Gasteiger partial charge < -0.3 is 14.6 Å². The van der Waals surface area contributed by atoms with Gasteiger partial charge in [0.2, 0.25) is 0 Å². The van der Waals surface area contributed by atoms with Gasteiger partial charge >= 0.3 is 5.97 Å². The van der Waals surface area contributed by atoms with Crippen LogP contribution in [0, 0.1) is 25.6 Å². The van der Waals surface area contributed by atoms with E-state index >= 15 is 0 Å². The van der Waals surface area contributed by atoms with E-state index in [9.17, 15) is 14.0 Å². The highest BCUT2D eigenvalue weighted by Crippen LogP contribution is 2.30. The number of halogens is 1. The molecule has 0 spiro atoms. The predicted octanol–water partition coefficient (Wildman–Crippen LogP) is 2.72. The summed E-state index contributed by atoms with van der Waals surface area (Å²) in [6, 6.07) is 1.38. The summed E-state index contributed by atoms with van der Waals surface area (Å²) >= 11 is 0. The Morgan fingerprint density at radius 3 is 2.52 bits per heavy atom. The van der Waals surface area contributed by atoms with Crippen LogP contribution in [-0.4, -0.2) is 30.8 Å². The van der Waals surface area contributed by atoms with Crippen molar-refractivity contribution in [3.8, 4) is 5.75 Å². The SMILES string of the molecule is COCOc1c(C)cc(C(=O)C(C)CC(=O)O)c(F)c1C. The Labute approximate surface area is 122 Å². The van der Waals surface area contributed by atoms with Crippen molar-refractivity contribution in [2.75, 3.05) is 13.9 Å². The monoisotopic (exact) mass is 298 g/mol. The van der Waals surface area contributed by atoms with Crippen LogP contribution in [0.15, 0.2) is 6.07 Å². The molecule has 0 saturated carbocycles. The van der Waals surface area contributed by atoms with E-state index < -0.39 is 23.5 Å². The molecule has 1 rings (SSSR count). The molecule has 6 heteroatoms. The first-order valence-electron chi connectivity index (χ1n) is 6.47. The molecule has 5 nitrogen and oxygen atoms in total. The lowest BCUT2D eigenvalue weighted by Crippen LogP contribution is -2.18. The number of aliphatic carboxylic acids is 1. The summed E-state index contributed by atoms with van der Waals surface area (Å²) < 4.78 is 24.4. The van der Waals surface area contributed by atoms with Crippen molar-refractivity contribution < 1.29 is 28.6 Å². The number of hydrogen-bond donors (Lipinski definition) is 1. The van der Waals surface area contributed by atoms with Crippen molar-refractivity contribution in [2.24, 2.45) is 5.92 Å². The van der Waals surface area contributed by atoms with Gasteiger partial charge in [0.15, 0.2) is 12.6 Å². The number of carboxylic acid groups (broad SMARTS) is 1. The van der Waals surface area contributed by atoms with E-state index in [-0.39, 0.29) is 24.3 Å². The fourth-order valence-electron chi connectivity index (χ4n) is 2.08. The molecule has 1 atom stereocenters. The van der Waals surface area contributed by atoms with Crippen molar-refractivity contribution in [2.45, 2.75) is 27.2 Å². The topological polar surface area (TPSA) is 72.8 Å². The average molecular weight is 298 g/mol. The lowest BCUT2D eigenvalue weighted by Gasteiger charge is -2.16. The van der Waals surface area contributed by atoms with Crippen LogP contribution in [0.4, 0.5) is 4.39 Å². The van der Waals surface area contributed by atoms with Crippen LogP contribution in [0.2, 0.25) is 0 Å². The summed E-state index contributed by atoms with van der Waals surface area (Å²) in [6.45, 7) is 4.64. The van der Waals surface area contributed by atoms with Crippen LogP contribution >= 0.6 is 0 Å². The number of hydrogen-bond acceptors (Lipinski definition) is 4. The standard InChI is InChI=1S/C15H19FO5/c1-8(6-12(17)18)14(19)11-5-9(2)15(21-7-20-4)10(3)13(11)16/h5,8H,6-7H2,1-4H3,(H,17,18). The lowest BCUT2D eigenvalue weighted by molar-refractivity contribution is -0.137.